The molecular formula is C22H45NaO9SSn. The van der Waals surface area contributed by atoms with Crippen LogP contribution in [0.2, 0.25) is 0 Å². The third kappa shape index (κ3) is 23.8. The van der Waals surface area contributed by atoms with Crippen LogP contribution in [0.5, 0.6) is 0 Å². The van der Waals surface area contributed by atoms with E-state index in [1.54, 1.807) is 0 Å². The van der Waals surface area contributed by atoms with Crippen LogP contribution in [0.1, 0.15) is 92.4 Å². The van der Waals surface area contributed by atoms with Crippen LogP contribution in [0.3, 0.4) is 0 Å². The summed E-state index contributed by atoms with van der Waals surface area (Å²) in [6, 6.07) is 0. The third-order valence-corrected chi connectivity index (χ3v) is 6.08. The Hall–Kier alpha value is 0.119. The molecule has 0 spiro atoms. The Balaban J connectivity index is -0.000000690. The number of hydrogen-bond acceptors (Lipinski definition) is 7. The van der Waals surface area contributed by atoms with Crippen molar-refractivity contribution in [1.82, 2.24) is 0 Å². The first-order valence-electron chi connectivity index (χ1n) is 11.4. The predicted octanol–water partition coefficient (Wildman–Crippen LogP) is 2.68. The van der Waals surface area contributed by atoms with Gasteiger partial charge in [0.1, 0.15) is 0 Å². The van der Waals surface area contributed by atoms with Crippen LogP contribution in [-0.4, -0.2) is 108 Å². The number of carbonyl (C=O) groups excluding carboxylic acids is 2. The van der Waals surface area contributed by atoms with Gasteiger partial charge in [-0.2, -0.15) is 8.42 Å². The normalized spacial score (nSPS) is 13.0. The minimum absolute atomic E-state index is 0. The molecule has 3 atom stereocenters. The molecule has 2 radical (unpaired) electrons. The van der Waals surface area contributed by atoms with Gasteiger partial charge in [0.05, 0.1) is 19.6 Å². The molecule has 0 aliphatic heterocycles. The van der Waals surface area contributed by atoms with Gasteiger partial charge >= 0.3 is 65.4 Å². The summed E-state index contributed by atoms with van der Waals surface area (Å²) >= 11 is 0. The standard InChI is InChI=1S/C20H38O7S.C2H4O2.Na.Sn.3H/c1-5-9-11-16(7-3)14-26-19(21)13-18(28(23,24)25)20(22)27-15-17(8-4)12-10-6-2;1-2(3)4;;;;;/h16-18H,5-15H2,1-4H3,(H,23,24,25);1H3,(H,3,4);;;;;. The summed E-state index contributed by atoms with van der Waals surface area (Å²) < 4.78 is 42.8. The number of carboxylic acids is 1. The molecule has 0 amide bonds. The van der Waals surface area contributed by atoms with Crippen molar-refractivity contribution in [2.75, 3.05) is 13.2 Å². The summed E-state index contributed by atoms with van der Waals surface area (Å²) in [7, 11) is -4.76. The molecule has 0 aromatic carbocycles. The van der Waals surface area contributed by atoms with Crippen molar-refractivity contribution in [2.45, 2.75) is 97.7 Å². The quantitative estimate of drug-likeness (QED) is 0.150. The van der Waals surface area contributed by atoms with Gasteiger partial charge in [0.2, 0.25) is 0 Å². The van der Waals surface area contributed by atoms with Crippen molar-refractivity contribution in [3.05, 3.63) is 0 Å². The summed E-state index contributed by atoms with van der Waals surface area (Å²) in [6.45, 7) is 9.43. The van der Waals surface area contributed by atoms with Crippen molar-refractivity contribution in [3.8, 4) is 0 Å². The molecule has 0 rings (SSSR count). The maximum absolute atomic E-state index is 12.2. The van der Waals surface area contributed by atoms with E-state index in [-0.39, 0.29) is 78.5 Å². The number of carboxylic acid groups (broad SMARTS) is 1. The number of carbonyl (C=O) groups is 3. The molecule has 198 valence electrons. The van der Waals surface area contributed by atoms with Crippen LogP contribution in [0.25, 0.3) is 0 Å². The van der Waals surface area contributed by atoms with Crippen LogP contribution in [-0.2, 0) is 34.0 Å². The molecule has 0 saturated carbocycles. The molecule has 34 heavy (non-hydrogen) atoms. The molecule has 0 aliphatic carbocycles. The van der Waals surface area contributed by atoms with E-state index in [0.29, 0.717) is 0 Å². The van der Waals surface area contributed by atoms with E-state index in [0.717, 1.165) is 58.3 Å². The molecule has 0 aromatic heterocycles. The number of aliphatic carboxylic acids is 1. The average molecular weight is 627 g/mol. The minimum atomic E-state index is -4.76. The SMILES string of the molecule is CC(=O)O.CCCCC(CC)COC(=O)CC(C(=O)OCC(CC)CCCC)S(=O)(=O)O.[NaH].[SnH2]. The molecule has 0 saturated heterocycles. The summed E-state index contributed by atoms with van der Waals surface area (Å²) in [5, 5.41) is 5.47. The first kappa shape index (κ1) is 41.3. The fraction of sp³-hybridized carbons (Fsp3) is 0.864. The van der Waals surface area contributed by atoms with Gasteiger partial charge in [-0.25, -0.2) is 0 Å². The van der Waals surface area contributed by atoms with Crippen LogP contribution >= 0.6 is 0 Å². The monoisotopic (exact) mass is 628 g/mol. The molecule has 0 aliphatic rings. The molecule has 0 heterocycles. The van der Waals surface area contributed by atoms with Crippen LogP contribution in [0, 0.1) is 11.8 Å². The second kappa shape index (κ2) is 24.8. The van der Waals surface area contributed by atoms with Crippen LogP contribution < -0.4 is 0 Å². The number of ether oxygens (including phenoxy) is 2. The number of unbranched alkanes of at least 4 members (excludes halogenated alkanes) is 2. The van der Waals surface area contributed by atoms with Gasteiger partial charge in [0.25, 0.3) is 16.1 Å². The summed E-state index contributed by atoms with van der Waals surface area (Å²) in [5.74, 6) is -2.44. The van der Waals surface area contributed by atoms with Crippen LogP contribution in [0.15, 0.2) is 0 Å². The third-order valence-electron chi connectivity index (χ3n) is 5.00. The van der Waals surface area contributed by atoms with Gasteiger partial charge in [0, 0.05) is 6.92 Å². The van der Waals surface area contributed by atoms with Gasteiger partial charge in [-0.15, -0.1) is 0 Å². The second-order valence-corrected chi connectivity index (χ2v) is 9.47. The Labute approximate surface area is 244 Å². The van der Waals surface area contributed by atoms with E-state index in [1.165, 1.54) is 0 Å². The van der Waals surface area contributed by atoms with E-state index in [1.807, 2.05) is 13.8 Å². The van der Waals surface area contributed by atoms with E-state index in [2.05, 4.69) is 13.8 Å². The summed E-state index contributed by atoms with van der Waals surface area (Å²) in [5.41, 5.74) is 0. The zero-order valence-corrected chi connectivity index (χ0v) is 25.7. The number of esters is 2. The molecule has 0 fully saturated rings. The topological polar surface area (TPSA) is 144 Å². The van der Waals surface area contributed by atoms with Crippen LogP contribution in [0.4, 0.5) is 0 Å². The molecule has 0 bridgehead atoms. The van der Waals surface area contributed by atoms with E-state index in [9.17, 15) is 22.6 Å². The fourth-order valence-electron chi connectivity index (χ4n) is 2.82. The fourth-order valence-corrected chi connectivity index (χ4v) is 3.48. The zero-order chi connectivity index (χ0) is 25.2. The van der Waals surface area contributed by atoms with Crippen molar-refractivity contribution in [3.63, 3.8) is 0 Å². The summed E-state index contributed by atoms with van der Waals surface area (Å²) in [4.78, 5) is 33.2. The van der Waals surface area contributed by atoms with Gasteiger partial charge < -0.3 is 14.6 Å². The van der Waals surface area contributed by atoms with E-state index < -0.39 is 39.7 Å². The molecule has 0 aromatic rings. The van der Waals surface area contributed by atoms with E-state index >= 15 is 0 Å². The zero-order valence-electron chi connectivity index (χ0n) is 20.9. The summed E-state index contributed by atoms with van der Waals surface area (Å²) in [6.07, 6.45) is 6.74. The number of hydrogen-bond donors (Lipinski definition) is 2. The van der Waals surface area contributed by atoms with Crippen molar-refractivity contribution >= 4 is 81.5 Å². The molecule has 2 N–H and O–H groups in total. The molecular weight excluding hydrogens is 582 g/mol. The number of rotatable bonds is 16. The maximum atomic E-state index is 12.2. The van der Waals surface area contributed by atoms with E-state index in [4.69, 9.17) is 19.4 Å². The Morgan fingerprint density at radius 2 is 1.24 bits per heavy atom. The molecule has 3 unspecified atom stereocenters. The van der Waals surface area contributed by atoms with Gasteiger partial charge in [-0.1, -0.05) is 66.2 Å². The first-order valence-corrected chi connectivity index (χ1v) is 12.9. The Morgan fingerprint density at radius 3 is 1.56 bits per heavy atom. The molecule has 12 heteroatoms. The Bertz CT molecular complexity index is 640. The van der Waals surface area contributed by atoms with Gasteiger partial charge in [0.15, 0.2) is 5.25 Å². The van der Waals surface area contributed by atoms with Crippen molar-refractivity contribution in [1.29, 1.82) is 0 Å². The predicted molar refractivity (Wildman–Crippen MR) is 137 cm³/mol. The molecule has 9 nitrogen and oxygen atoms in total. The Morgan fingerprint density at radius 1 is 0.853 bits per heavy atom. The van der Waals surface area contributed by atoms with Crippen molar-refractivity contribution < 1.29 is 41.9 Å². The van der Waals surface area contributed by atoms with Gasteiger partial charge in [-0.3, -0.25) is 18.9 Å². The first-order chi connectivity index (χ1) is 14.9. The Kier molecular flexibility index (Phi) is 30.1. The van der Waals surface area contributed by atoms with Gasteiger partial charge in [-0.05, 0) is 24.7 Å². The average Bonchev–Trinajstić information content (AvgIpc) is 2.70. The second-order valence-electron chi connectivity index (χ2n) is 7.87. The van der Waals surface area contributed by atoms with Crippen molar-refractivity contribution in [2.24, 2.45) is 11.8 Å².